The van der Waals surface area contributed by atoms with Crippen molar-refractivity contribution in [3.8, 4) is 0 Å². The Labute approximate surface area is 207 Å². The molecule has 0 radical (unpaired) electrons. The summed E-state index contributed by atoms with van der Waals surface area (Å²) in [6, 6.07) is 21.6. The highest BCUT2D eigenvalue weighted by atomic mass is 35.5. The number of hydrogen-bond acceptors (Lipinski definition) is 2. The van der Waals surface area contributed by atoms with Gasteiger partial charge in [0.2, 0.25) is 11.8 Å². The topological polar surface area (TPSA) is 49.4 Å². The lowest BCUT2D eigenvalue weighted by molar-refractivity contribution is -0.141. The van der Waals surface area contributed by atoms with Crippen LogP contribution in [0.2, 0.25) is 5.02 Å². The van der Waals surface area contributed by atoms with Crippen LogP contribution in [0.15, 0.2) is 66.7 Å². The first kappa shape index (κ1) is 24.3. The largest absolute Gasteiger partial charge is 0.352 e. The number of fused-ring (bicyclic) bond motifs is 1. The van der Waals surface area contributed by atoms with E-state index in [1.807, 2.05) is 49.4 Å². The summed E-state index contributed by atoms with van der Waals surface area (Å²) < 4.78 is 0. The van der Waals surface area contributed by atoms with Crippen LogP contribution in [0.5, 0.6) is 0 Å². The number of rotatable bonds is 8. The Morgan fingerprint density at radius 1 is 1.00 bits per heavy atom. The molecule has 2 amide bonds. The minimum atomic E-state index is -0.555. The predicted octanol–water partition coefficient (Wildman–Crippen LogP) is 6.29. The van der Waals surface area contributed by atoms with Crippen molar-refractivity contribution < 1.29 is 9.59 Å². The van der Waals surface area contributed by atoms with E-state index in [4.69, 9.17) is 11.6 Å². The fraction of sp³-hybridized carbons (Fsp3) is 0.379. The van der Waals surface area contributed by atoms with E-state index in [1.54, 1.807) is 4.90 Å². The maximum atomic E-state index is 13.5. The van der Waals surface area contributed by atoms with Gasteiger partial charge >= 0.3 is 0 Å². The van der Waals surface area contributed by atoms with Crippen molar-refractivity contribution in [2.75, 3.05) is 0 Å². The van der Waals surface area contributed by atoms with E-state index in [-0.39, 0.29) is 17.9 Å². The van der Waals surface area contributed by atoms with Crippen molar-refractivity contribution >= 4 is 34.2 Å². The molecule has 0 heterocycles. The van der Waals surface area contributed by atoms with Gasteiger partial charge in [-0.15, -0.1) is 0 Å². The van der Waals surface area contributed by atoms with Crippen molar-refractivity contribution in [3.63, 3.8) is 0 Å². The summed E-state index contributed by atoms with van der Waals surface area (Å²) in [7, 11) is 0. The Balaban J connectivity index is 1.50. The number of hydrogen-bond donors (Lipinski definition) is 1. The molecule has 1 N–H and O–H groups in total. The average molecular weight is 477 g/mol. The van der Waals surface area contributed by atoms with Gasteiger partial charge in [-0.2, -0.15) is 0 Å². The number of carbonyl (C=O) groups is 2. The molecular weight excluding hydrogens is 444 g/mol. The van der Waals surface area contributed by atoms with E-state index in [1.165, 1.54) is 17.2 Å². The molecule has 0 saturated heterocycles. The number of nitrogens with one attached hydrogen (secondary N) is 1. The third-order valence-electron chi connectivity index (χ3n) is 6.85. The average Bonchev–Trinajstić information content (AvgIpc) is 2.86. The molecule has 1 atom stereocenters. The van der Waals surface area contributed by atoms with E-state index in [0.29, 0.717) is 24.4 Å². The Bertz CT molecular complexity index is 1130. The molecule has 34 heavy (non-hydrogen) atoms. The maximum absolute atomic E-state index is 13.5. The van der Waals surface area contributed by atoms with Gasteiger partial charge in [0.25, 0.3) is 0 Å². The van der Waals surface area contributed by atoms with Gasteiger partial charge in [0.15, 0.2) is 0 Å². The molecule has 3 aromatic rings. The van der Waals surface area contributed by atoms with Crippen LogP contribution >= 0.6 is 11.6 Å². The molecule has 1 saturated carbocycles. The number of benzene rings is 3. The van der Waals surface area contributed by atoms with Crippen molar-refractivity contribution in [3.05, 3.63) is 82.9 Å². The molecule has 0 bridgehead atoms. The molecule has 1 fully saturated rings. The first-order valence-electron chi connectivity index (χ1n) is 12.3. The van der Waals surface area contributed by atoms with Crippen molar-refractivity contribution in [2.45, 2.75) is 70.5 Å². The van der Waals surface area contributed by atoms with Gasteiger partial charge < -0.3 is 10.2 Å². The van der Waals surface area contributed by atoms with Gasteiger partial charge in [-0.05, 0) is 60.2 Å². The van der Waals surface area contributed by atoms with Crippen LogP contribution in [-0.2, 0) is 22.6 Å². The van der Waals surface area contributed by atoms with E-state index < -0.39 is 6.04 Å². The minimum absolute atomic E-state index is 0.0285. The molecule has 0 spiro atoms. The maximum Gasteiger partial charge on any atom is 0.242 e. The molecule has 178 valence electrons. The second-order valence-electron chi connectivity index (χ2n) is 9.31. The number of nitrogens with zero attached hydrogens (tertiary/aromatic N) is 1. The third kappa shape index (κ3) is 6.18. The lowest BCUT2D eigenvalue weighted by Crippen LogP contribution is -2.50. The summed E-state index contributed by atoms with van der Waals surface area (Å²) in [6.45, 7) is 2.19. The van der Waals surface area contributed by atoms with E-state index in [2.05, 4.69) is 29.6 Å². The Hall–Kier alpha value is -2.85. The normalized spacial score (nSPS) is 15.1. The van der Waals surface area contributed by atoms with Crippen LogP contribution in [0.1, 0.15) is 56.6 Å². The monoisotopic (exact) mass is 476 g/mol. The van der Waals surface area contributed by atoms with Crippen LogP contribution in [0, 0.1) is 0 Å². The highest BCUT2D eigenvalue weighted by Crippen LogP contribution is 2.22. The quantitative estimate of drug-likeness (QED) is 0.415. The van der Waals surface area contributed by atoms with Crippen molar-refractivity contribution in [2.24, 2.45) is 0 Å². The zero-order valence-electron chi connectivity index (χ0n) is 19.8. The minimum Gasteiger partial charge on any atom is -0.352 e. The number of aryl methyl sites for hydroxylation is 1. The molecule has 0 aliphatic heterocycles. The Morgan fingerprint density at radius 3 is 2.53 bits per heavy atom. The van der Waals surface area contributed by atoms with E-state index >= 15 is 0 Å². The highest BCUT2D eigenvalue weighted by molar-refractivity contribution is 6.30. The SMILES string of the molecule is C[C@@H](C(=O)NC1CCCCC1)N(Cc1cccc(Cl)c1)C(=O)CCc1cccc2ccccc12. The summed E-state index contributed by atoms with van der Waals surface area (Å²) in [5.41, 5.74) is 2.07. The first-order chi connectivity index (χ1) is 16.5. The number of amides is 2. The lowest BCUT2D eigenvalue weighted by Gasteiger charge is -2.31. The van der Waals surface area contributed by atoms with E-state index in [0.717, 1.165) is 36.8 Å². The van der Waals surface area contributed by atoms with Gasteiger partial charge in [0.05, 0.1) is 0 Å². The molecule has 1 aliphatic rings. The molecule has 3 aromatic carbocycles. The molecule has 4 nitrogen and oxygen atoms in total. The van der Waals surface area contributed by atoms with Crippen LogP contribution in [-0.4, -0.2) is 28.8 Å². The molecule has 1 aliphatic carbocycles. The summed E-state index contributed by atoms with van der Waals surface area (Å²) in [4.78, 5) is 28.3. The fourth-order valence-electron chi connectivity index (χ4n) is 4.88. The van der Waals surface area contributed by atoms with Gasteiger partial charge in [0.1, 0.15) is 6.04 Å². The molecular formula is C29H33ClN2O2. The van der Waals surface area contributed by atoms with Crippen molar-refractivity contribution in [1.82, 2.24) is 10.2 Å². The second kappa shape index (κ2) is 11.5. The summed E-state index contributed by atoms with van der Waals surface area (Å²) in [6.07, 6.45) is 6.53. The number of halogens is 1. The third-order valence-corrected chi connectivity index (χ3v) is 7.08. The van der Waals surface area contributed by atoms with Crippen LogP contribution in [0.3, 0.4) is 0 Å². The molecule has 5 heteroatoms. The summed E-state index contributed by atoms with van der Waals surface area (Å²) in [5, 5.41) is 6.15. The van der Waals surface area contributed by atoms with Gasteiger partial charge in [-0.3, -0.25) is 9.59 Å². The summed E-state index contributed by atoms with van der Waals surface area (Å²) in [5.74, 6) is -0.105. The van der Waals surface area contributed by atoms with Crippen LogP contribution < -0.4 is 5.32 Å². The smallest absolute Gasteiger partial charge is 0.242 e. The standard InChI is InChI=1S/C29H33ClN2O2/c1-21(29(34)31-26-14-3-2-4-15-26)32(20-22-9-7-13-25(30)19-22)28(33)18-17-24-12-8-11-23-10-5-6-16-27(23)24/h5-13,16,19,21,26H,2-4,14-15,17-18,20H2,1H3,(H,31,34)/t21-/m0/s1. The zero-order chi connectivity index (χ0) is 23.9. The first-order valence-corrected chi connectivity index (χ1v) is 12.7. The fourth-order valence-corrected chi connectivity index (χ4v) is 5.09. The second-order valence-corrected chi connectivity index (χ2v) is 9.75. The molecule has 0 unspecified atom stereocenters. The van der Waals surface area contributed by atoms with Gasteiger partial charge in [-0.1, -0.05) is 85.5 Å². The number of carbonyl (C=O) groups excluding carboxylic acids is 2. The van der Waals surface area contributed by atoms with Gasteiger partial charge in [0, 0.05) is 24.0 Å². The molecule has 4 rings (SSSR count). The lowest BCUT2D eigenvalue weighted by atomic mass is 9.95. The Morgan fingerprint density at radius 2 is 1.74 bits per heavy atom. The van der Waals surface area contributed by atoms with Crippen molar-refractivity contribution in [1.29, 1.82) is 0 Å². The Kier molecular flexibility index (Phi) is 8.23. The summed E-state index contributed by atoms with van der Waals surface area (Å²) >= 11 is 6.19. The molecule has 0 aromatic heterocycles. The van der Waals surface area contributed by atoms with Crippen LogP contribution in [0.25, 0.3) is 10.8 Å². The van der Waals surface area contributed by atoms with E-state index in [9.17, 15) is 9.59 Å². The predicted molar refractivity (Wildman–Crippen MR) is 139 cm³/mol. The van der Waals surface area contributed by atoms with Crippen LogP contribution in [0.4, 0.5) is 0 Å². The van der Waals surface area contributed by atoms with Gasteiger partial charge in [-0.25, -0.2) is 0 Å². The zero-order valence-corrected chi connectivity index (χ0v) is 20.6. The highest BCUT2D eigenvalue weighted by Gasteiger charge is 2.28.